The molecule has 0 spiro atoms. The highest BCUT2D eigenvalue weighted by atomic mass is 16.5. The average molecular weight is 292 g/mol. The lowest BCUT2D eigenvalue weighted by Crippen LogP contribution is -2.56. The SMILES string of the molecule is CC1(C)Oc2cc[n+]([O-])cc2C(N2CCCCC2=O)C1O. The van der Waals surface area contributed by atoms with E-state index in [1.807, 2.05) is 0 Å². The van der Waals surface area contributed by atoms with Gasteiger partial charge in [-0.05, 0) is 26.7 Å². The summed E-state index contributed by atoms with van der Waals surface area (Å²) >= 11 is 0. The minimum Gasteiger partial charge on any atom is -0.619 e. The highest BCUT2D eigenvalue weighted by Gasteiger charge is 2.48. The minimum absolute atomic E-state index is 0.0234. The van der Waals surface area contributed by atoms with Crippen molar-refractivity contribution in [1.82, 2.24) is 4.90 Å². The first-order valence-corrected chi connectivity index (χ1v) is 7.29. The topological polar surface area (TPSA) is 76.7 Å². The average Bonchev–Trinajstić information content (AvgIpc) is 2.42. The molecule has 114 valence electrons. The number of hydrogen-bond acceptors (Lipinski definition) is 4. The van der Waals surface area contributed by atoms with E-state index < -0.39 is 17.7 Å². The van der Waals surface area contributed by atoms with Gasteiger partial charge < -0.3 is 20.0 Å². The molecule has 2 atom stereocenters. The number of amides is 1. The Kier molecular flexibility index (Phi) is 3.28. The van der Waals surface area contributed by atoms with Crippen LogP contribution in [0.15, 0.2) is 18.5 Å². The van der Waals surface area contributed by atoms with Crippen LogP contribution in [-0.2, 0) is 4.79 Å². The summed E-state index contributed by atoms with van der Waals surface area (Å²) in [6, 6.07) is 1.06. The second-order valence-electron chi connectivity index (χ2n) is 6.26. The van der Waals surface area contributed by atoms with Crippen LogP contribution in [0.2, 0.25) is 0 Å². The second-order valence-corrected chi connectivity index (χ2v) is 6.26. The van der Waals surface area contributed by atoms with Gasteiger partial charge in [0.25, 0.3) is 0 Å². The molecule has 2 aliphatic heterocycles. The number of rotatable bonds is 1. The smallest absolute Gasteiger partial charge is 0.223 e. The summed E-state index contributed by atoms with van der Waals surface area (Å²) in [6.45, 7) is 4.18. The highest BCUT2D eigenvalue weighted by Crippen LogP contribution is 2.43. The van der Waals surface area contributed by atoms with Crippen molar-refractivity contribution in [3.05, 3.63) is 29.2 Å². The van der Waals surface area contributed by atoms with Crippen LogP contribution in [0, 0.1) is 5.21 Å². The highest BCUT2D eigenvalue weighted by molar-refractivity contribution is 5.77. The number of aromatic nitrogens is 1. The van der Waals surface area contributed by atoms with Crippen molar-refractivity contribution in [2.24, 2.45) is 0 Å². The maximum Gasteiger partial charge on any atom is 0.223 e. The van der Waals surface area contributed by atoms with Crippen LogP contribution in [0.5, 0.6) is 5.75 Å². The number of fused-ring (bicyclic) bond motifs is 1. The quantitative estimate of drug-likeness (QED) is 0.616. The maximum atomic E-state index is 12.2. The van der Waals surface area contributed by atoms with Gasteiger partial charge >= 0.3 is 0 Å². The predicted molar refractivity (Wildman–Crippen MR) is 74.4 cm³/mol. The molecule has 1 N–H and O–H groups in total. The lowest BCUT2D eigenvalue weighted by atomic mass is 9.85. The number of piperidine rings is 1. The number of nitrogens with zero attached hydrogens (tertiary/aromatic N) is 2. The van der Waals surface area contributed by atoms with Crippen molar-refractivity contribution in [2.45, 2.75) is 50.9 Å². The lowest BCUT2D eigenvalue weighted by Gasteiger charge is -2.46. The number of aliphatic hydroxyl groups excluding tert-OH is 1. The molecule has 1 aromatic rings. The molecule has 3 heterocycles. The van der Waals surface area contributed by atoms with Crippen molar-refractivity contribution in [3.63, 3.8) is 0 Å². The normalized spacial score (nSPS) is 28.0. The minimum atomic E-state index is -0.880. The van der Waals surface area contributed by atoms with E-state index >= 15 is 0 Å². The Labute approximate surface area is 123 Å². The van der Waals surface area contributed by atoms with Gasteiger partial charge in [-0.1, -0.05) is 0 Å². The summed E-state index contributed by atoms with van der Waals surface area (Å²) in [6.07, 6.45) is 4.15. The largest absolute Gasteiger partial charge is 0.619 e. The standard InChI is InChI=1S/C15H20N2O4/c1-15(2)14(19)13(17-7-4-3-5-12(17)18)10-9-16(20)8-6-11(10)21-15/h6,8-9,13-14,19H,3-5,7H2,1-2H3. The third-order valence-corrected chi connectivity index (χ3v) is 4.32. The maximum absolute atomic E-state index is 12.2. The number of carbonyl (C=O) groups is 1. The van der Waals surface area contributed by atoms with E-state index in [0.29, 0.717) is 29.0 Å². The van der Waals surface area contributed by atoms with E-state index in [0.717, 1.165) is 12.8 Å². The van der Waals surface area contributed by atoms with Gasteiger partial charge in [0.2, 0.25) is 5.91 Å². The molecule has 21 heavy (non-hydrogen) atoms. The molecular formula is C15H20N2O4. The van der Waals surface area contributed by atoms with Gasteiger partial charge in [-0.25, -0.2) is 0 Å². The van der Waals surface area contributed by atoms with E-state index in [9.17, 15) is 15.1 Å². The van der Waals surface area contributed by atoms with E-state index in [-0.39, 0.29) is 5.91 Å². The van der Waals surface area contributed by atoms with Crippen molar-refractivity contribution in [3.8, 4) is 5.75 Å². The molecule has 1 fully saturated rings. The van der Waals surface area contributed by atoms with Crippen molar-refractivity contribution < 1.29 is 19.4 Å². The molecule has 6 nitrogen and oxygen atoms in total. The third-order valence-electron chi connectivity index (χ3n) is 4.32. The molecule has 0 bridgehead atoms. The summed E-state index contributed by atoms with van der Waals surface area (Å²) in [5, 5.41) is 22.3. The fraction of sp³-hybridized carbons (Fsp3) is 0.600. The van der Waals surface area contributed by atoms with Crippen LogP contribution in [-0.4, -0.2) is 34.2 Å². The molecule has 1 aromatic heterocycles. The van der Waals surface area contributed by atoms with Gasteiger partial charge in [0, 0.05) is 19.0 Å². The zero-order valence-electron chi connectivity index (χ0n) is 12.3. The second kappa shape index (κ2) is 4.87. The number of likely N-dealkylation sites (tertiary alicyclic amines) is 1. The van der Waals surface area contributed by atoms with E-state index in [1.165, 1.54) is 12.4 Å². The van der Waals surface area contributed by atoms with E-state index in [4.69, 9.17) is 4.74 Å². The molecule has 6 heteroatoms. The molecule has 0 radical (unpaired) electrons. The Morgan fingerprint density at radius 3 is 2.95 bits per heavy atom. The van der Waals surface area contributed by atoms with Gasteiger partial charge in [0.05, 0.1) is 11.6 Å². The fourth-order valence-electron chi connectivity index (χ4n) is 3.15. The first-order valence-electron chi connectivity index (χ1n) is 7.29. The number of hydrogen-bond donors (Lipinski definition) is 1. The summed E-state index contributed by atoms with van der Waals surface area (Å²) in [5.41, 5.74) is -0.237. The van der Waals surface area contributed by atoms with Gasteiger partial charge in [-0.2, -0.15) is 4.73 Å². The Bertz CT molecular complexity index is 573. The molecule has 0 saturated carbocycles. The molecule has 2 aliphatic rings. The van der Waals surface area contributed by atoms with E-state index in [1.54, 1.807) is 24.8 Å². The van der Waals surface area contributed by atoms with Crippen LogP contribution >= 0.6 is 0 Å². The number of pyridine rings is 1. The third kappa shape index (κ3) is 2.33. The van der Waals surface area contributed by atoms with Crippen LogP contribution in [0.1, 0.15) is 44.7 Å². The van der Waals surface area contributed by atoms with Crippen molar-refractivity contribution in [1.29, 1.82) is 0 Å². The Balaban J connectivity index is 2.08. The Morgan fingerprint density at radius 1 is 1.48 bits per heavy atom. The van der Waals surface area contributed by atoms with Crippen LogP contribution < -0.4 is 9.47 Å². The zero-order valence-corrected chi connectivity index (χ0v) is 12.3. The molecule has 0 aromatic carbocycles. The van der Waals surface area contributed by atoms with Gasteiger partial charge in [-0.15, -0.1) is 0 Å². The molecule has 2 unspecified atom stereocenters. The Morgan fingerprint density at radius 2 is 2.24 bits per heavy atom. The number of aliphatic hydroxyl groups is 1. The molecule has 1 saturated heterocycles. The summed E-state index contributed by atoms with van der Waals surface area (Å²) in [4.78, 5) is 13.9. The molecular weight excluding hydrogens is 272 g/mol. The Hall–Kier alpha value is -1.82. The molecule has 1 amide bonds. The summed E-state index contributed by atoms with van der Waals surface area (Å²) in [5.74, 6) is 0.580. The summed E-state index contributed by atoms with van der Waals surface area (Å²) < 4.78 is 6.48. The van der Waals surface area contributed by atoms with Crippen LogP contribution in [0.25, 0.3) is 0 Å². The molecule has 0 aliphatic carbocycles. The number of ether oxygens (including phenoxy) is 1. The first kappa shape index (κ1) is 14.1. The molecule has 3 rings (SSSR count). The van der Waals surface area contributed by atoms with Crippen LogP contribution in [0.4, 0.5) is 0 Å². The van der Waals surface area contributed by atoms with Crippen molar-refractivity contribution in [2.75, 3.05) is 6.54 Å². The van der Waals surface area contributed by atoms with Gasteiger partial charge in [0.15, 0.2) is 12.4 Å². The zero-order chi connectivity index (χ0) is 15.2. The van der Waals surface area contributed by atoms with Gasteiger partial charge in [-0.3, -0.25) is 4.79 Å². The van der Waals surface area contributed by atoms with E-state index in [2.05, 4.69) is 0 Å². The fourth-order valence-corrected chi connectivity index (χ4v) is 3.15. The monoisotopic (exact) mass is 292 g/mol. The first-order chi connectivity index (χ1) is 9.90. The predicted octanol–water partition coefficient (Wildman–Crippen LogP) is 0.905. The van der Waals surface area contributed by atoms with Crippen molar-refractivity contribution >= 4 is 5.91 Å². The number of carbonyl (C=O) groups excluding carboxylic acids is 1. The summed E-state index contributed by atoms with van der Waals surface area (Å²) in [7, 11) is 0. The lowest BCUT2D eigenvalue weighted by molar-refractivity contribution is -0.606. The van der Waals surface area contributed by atoms with Gasteiger partial charge in [0.1, 0.15) is 17.5 Å². The van der Waals surface area contributed by atoms with Crippen LogP contribution in [0.3, 0.4) is 0 Å².